The predicted octanol–water partition coefficient (Wildman–Crippen LogP) is 1.07. The maximum absolute atomic E-state index is 12.4. The van der Waals surface area contributed by atoms with Crippen LogP contribution in [0.25, 0.3) is 0 Å². The molecular formula is C15H27N3O. The molecule has 0 spiro atoms. The molecule has 3 aliphatic rings. The van der Waals surface area contributed by atoms with Gasteiger partial charge in [-0.1, -0.05) is 19.3 Å². The molecule has 2 aliphatic heterocycles. The Kier molecular flexibility index (Phi) is 4.38. The molecule has 108 valence electrons. The van der Waals surface area contributed by atoms with Crippen molar-refractivity contribution in [3.8, 4) is 0 Å². The molecule has 2 heterocycles. The van der Waals surface area contributed by atoms with Crippen molar-refractivity contribution in [2.75, 3.05) is 39.3 Å². The van der Waals surface area contributed by atoms with E-state index in [1.54, 1.807) is 0 Å². The van der Waals surface area contributed by atoms with Crippen molar-refractivity contribution in [2.45, 2.75) is 44.6 Å². The summed E-state index contributed by atoms with van der Waals surface area (Å²) in [6.45, 7) is 6.56. The lowest BCUT2D eigenvalue weighted by molar-refractivity contribution is -0.144. The molecule has 1 N–H and O–H groups in total. The van der Waals surface area contributed by atoms with Gasteiger partial charge in [0, 0.05) is 38.1 Å². The topological polar surface area (TPSA) is 35.6 Å². The van der Waals surface area contributed by atoms with Crippen LogP contribution in [-0.2, 0) is 4.79 Å². The van der Waals surface area contributed by atoms with Gasteiger partial charge in [-0.3, -0.25) is 9.69 Å². The van der Waals surface area contributed by atoms with Gasteiger partial charge in [-0.15, -0.1) is 0 Å². The molecule has 0 bridgehead atoms. The Bertz CT molecular complexity index is 301. The zero-order valence-corrected chi connectivity index (χ0v) is 11.9. The summed E-state index contributed by atoms with van der Waals surface area (Å²) >= 11 is 0. The van der Waals surface area contributed by atoms with Crippen LogP contribution < -0.4 is 5.32 Å². The maximum atomic E-state index is 12.4. The number of carbonyl (C=O) groups excluding carboxylic acids is 1. The summed E-state index contributed by atoms with van der Waals surface area (Å²) in [7, 11) is 0. The number of carbonyl (C=O) groups is 1. The molecule has 19 heavy (non-hydrogen) atoms. The monoisotopic (exact) mass is 265 g/mol. The minimum Gasteiger partial charge on any atom is -0.339 e. The van der Waals surface area contributed by atoms with Crippen LogP contribution in [0.1, 0.15) is 38.5 Å². The summed E-state index contributed by atoms with van der Waals surface area (Å²) in [6, 6.07) is 0.632. The molecule has 3 rings (SSSR count). The molecule has 1 amide bonds. The molecule has 0 aromatic heterocycles. The molecule has 0 atom stereocenters. The number of amides is 1. The van der Waals surface area contributed by atoms with E-state index in [-0.39, 0.29) is 0 Å². The molecule has 0 radical (unpaired) electrons. The predicted molar refractivity (Wildman–Crippen MR) is 76.0 cm³/mol. The summed E-state index contributed by atoms with van der Waals surface area (Å²) in [5.74, 6) is 0.796. The van der Waals surface area contributed by atoms with E-state index in [1.165, 1.54) is 32.2 Å². The van der Waals surface area contributed by atoms with Crippen LogP contribution in [0.5, 0.6) is 0 Å². The van der Waals surface area contributed by atoms with Crippen LogP contribution in [0.3, 0.4) is 0 Å². The Morgan fingerprint density at radius 2 is 1.74 bits per heavy atom. The fourth-order valence-corrected chi connectivity index (χ4v) is 3.71. The molecule has 2 saturated heterocycles. The van der Waals surface area contributed by atoms with E-state index < -0.39 is 0 Å². The number of likely N-dealkylation sites (tertiary alicyclic amines) is 1. The van der Waals surface area contributed by atoms with Gasteiger partial charge in [0.05, 0.1) is 0 Å². The maximum Gasteiger partial charge on any atom is 0.225 e. The van der Waals surface area contributed by atoms with Crippen molar-refractivity contribution in [3.05, 3.63) is 0 Å². The zero-order chi connectivity index (χ0) is 13.1. The van der Waals surface area contributed by atoms with Gasteiger partial charge in [0.25, 0.3) is 0 Å². The van der Waals surface area contributed by atoms with Gasteiger partial charge >= 0.3 is 0 Å². The van der Waals surface area contributed by atoms with Crippen molar-refractivity contribution in [1.29, 1.82) is 0 Å². The van der Waals surface area contributed by atoms with E-state index >= 15 is 0 Å². The lowest BCUT2D eigenvalue weighted by Crippen LogP contribution is -2.62. The Morgan fingerprint density at radius 1 is 0.947 bits per heavy atom. The summed E-state index contributed by atoms with van der Waals surface area (Å²) < 4.78 is 0. The highest BCUT2D eigenvalue weighted by molar-refractivity contribution is 5.79. The van der Waals surface area contributed by atoms with E-state index in [2.05, 4.69) is 15.1 Å². The fourth-order valence-electron chi connectivity index (χ4n) is 3.71. The first-order valence-electron chi connectivity index (χ1n) is 8.08. The number of nitrogens with zero attached hydrogens (tertiary/aromatic N) is 2. The van der Waals surface area contributed by atoms with Gasteiger partial charge in [-0.05, 0) is 32.4 Å². The summed E-state index contributed by atoms with van der Waals surface area (Å²) in [5, 5.41) is 3.44. The van der Waals surface area contributed by atoms with Crippen molar-refractivity contribution >= 4 is 5.91 Å². The molecule has 4 heteroatoms. The van der Waals surface area contributed by atoms with Gasteiger partial charge < -0.3 is 10.2 Å². The van der Waals surface area contributed by atoms with Crippen LogP contribution >= 0.6 is 0 Å². The highest BCUT2D eigenvalue weighted by Crippen LogP contribution is 2.28. The molecule has 0 aromatic carbocycles. The quantitative estimate of drug-likeness (QED) is 0.811. The molecule has 0 unspecified atom stereocenters. The lowest BCUT2D eigenvalue weighted by Gasteiger charge is -2.46. The SMILES string of the molecule is O=C(C1CCCCC1)N1CC(N2CCCNCC2)C1. The Balaban J connectivity index is 1.44. The fraction of sp³-hybridized carbons (Fsp3) is 0.933. The first kappa shape index (κ1) is 13.4. The molecule has 3 fully saturated rings. The minimum absolute atomic E-state index is 0.348. The van der Waals surface area contributed by atoms with Gasteiger partial charge in [0.1, 0.15) is 0 Å². The largest absolute Gasteiger partial charge is 0.339 e. The second-order valence-corrected chi connectivity index (χ2v) is 6.37. The third-order valence-corrected chi connectivity index (χ3v) is 5.02. The smallest absolute Gasteiger partial charge is 0.225 e. The normalized spacial score (nSPS) is 27.9. The Morgan fingerprint density at radius 3 is 2.53 bits per heavy atom. The number of hydrogen-bond donors (Lipinski definition) is 1. The number of nitrogens with one attached hydrogen (secondary N) is 1. The minimum atomic E-state index is 0.348. The van der Waals surface area contributed by atoms with Gasteiger partial charge in [0.15, 0.2) is 0 Å². The van der Waals surface area contributed by atoms with E-state index in [0.29, 0.717) is 17.9 Å². The standard InChI is InChI=1S/C15H27N3O/c19-15(13-5-2-1-3-6-13)18-11-14(12-18)17-9-4-7-16-8-10-17/h13-14,16H,1-12H2. The number of hydrogen-bond acceptors (Lipinski definition) is 3. The highest BCUT2D eigenvalue weighted by atomic mass is 16.2. The second kappa shape index (κ2) is 6.23. The molecule has 1 aliphatic carbocycles. The van der Waals surface area contributed by atoms with Gasteiger partial charge in [-0.25, -0.2) is 0 Å². The first-order chi connectivity index (χ1) is 9.34. The first-order valence-corrected chi connectivity index (χ1v) is 8.08. The van der Waals surface area contributed by atoms with Crippen molar-refractivity contribution < 1.29 is 4.79 Å². The third kappa shape index (κ3) is 3.11. The van der Waals surface area contributed by atoms with E-state index in [0.717, 1.165) is 45.6 Å². The average Bonchev–Trinajstić information content (AvgIpc) is 2.67. The van der Waals surface area contributed by atoms with Crippen LogP contribution in [0.2, 0.25) is 0 Å². The van der Waals surface area contributed by atoms with Gasteiger partial charge in [-0.2, -0.15) is 0 Å². The Hall–Kier alpha value is -0.610. The third-order valence-electron chi connectivity index (χ3n) is 5.02. The average molecular weight is 265 g/mol. The van der Waals surface area contributed by atoms with Crippen LogP contribution in [0.4, 0.5) is 0 Å². The van der Waals surface area contributed by atoms with E-state index in [9.17, 15) is 4.79 Å². The van der Waals surface area contributed by atoms with Crippen LogP contribution in [-0.4, -0.2) is 61.0 Å². The molecule has 0 aromatic rings. The molecule has 1 saturated carbocycles. The van der Waals surface area contributed by atoms with Gasteiger partial charge in [0.2, 0.25) is 5.91 Å². The van der Waals surface area contributed by atoms with Crippen LogP contribution in [0.15, 0.2) is 0 Å². The summed E-state index contributed by atoms with van der Waals surface area (Å²) in [5.41, 5.74) is 0. The lowest BCUT2D eigenvalue weighted by atomic mass is 9.87. The number of rotatable bonds is 2. The zero-order valence-electron chi connectivity index (χ0n) is 11.9. The molecule has 4 nitrogen and oxygen atoms in total. The highest BCUT2D eigenvalue weighted by Gasteiger charge is 2.37. The van der Waals surface area contributed by atoms with E-state index in [1.807, 2.05) is 0 Å². The van der Waals surface area contributed by atoms with Crippen molar-refractivity contribution in [2.24, 2.45) is 5.92 Å². The second-order valence-electron chi connectivity index (χ2n) is 6.37. The van der Waals surface area contributed by atoms with Crippen molar-refractivity contribution in [3.63, 3.8) is 0 Å². The summed E-state index contributed by atoms with van der Waals surface area (Å²) in [4.78, 5) is 17.1. The van der Waals surface area contributed by atoms with Crippen molar-refractivity contribution in [1.82, 2.24) is 15.1 Å². The molecular weight excluding hydrogens is 238 g/mol. The summed E-state index contributed by atoms with van der Waals surface area (Å²) in [6.07, 6.45) is 7.35. The van der Waals surface area contributed by atoms with E-state index in [4.69, 9.17) is 0 Å². The van der Waals surface area contributed by atoms with Crippen LogP contribution in [0, 0.1) is 5.92 Å². The Labute approximate surface area is 116 Å².